The summed E-state index contributed by atoms with van der Waals surface area (Å²) in [4.78, 5) is 18.2. The summed E-state index contributed by atoms with van der Waals surface area (Å²) >= 11 is 0. The second kappa shape index (κ2) is 12.8. The molecule has 1 atom stereocenters. The van der Waals surface area contributed by atoms with E-state index in [1.807, 2.05) is 17.0 Å². The first-order chi connectivity index (χ1) is 12.7. The molecule has 0 spiro atoms. The Balaban J connectivity index is 0.00000364. The third-order valence-electron chi connectivity index (χ3n) is 4.88. The summed E-state index contributed by atoms with van der Waals surface area (Å²) in [5.41, 5.74) is 1.26. The molecule has 0 aliphatic carbocycles. The van der Waals surface area contributed by atoms with Crippen molar-refractivity contribution < 1.29 is 9.53 Å². The number of halogens is 1. The fraction of sp³-hybridized carbons (Fsp3) is 0.600. The van der Waals surface area contributed by atoms with Crippen molar-refractivity contribution in [3.8, 4) is 5.75 Å². The topological polar surface area (TPSA) is 66.0 Å². The number of benzene rings is 1. The van der Waals surface area contributed by atoms with Gasteiger partial charge in [0.05, 0.1) is 7.11 Å². The lowest BCUT2D eigenvalue weighted by Gasteiger charge is -2.27. The fourth-order valence-electron chi connectivity index (χ4n) is 3.33. The zero-order valence-corrected chi connectivity index (χ0v) is 19.0. The summed E-state index contributed by atoms with van der Waals surface area (Å²) in [6.45, 7) is 4.68. The minimum Gasteiger partial charge on any atom is -0.497 e. The number of hydrogen-bond donors (Lipinski definition) is 2. The predicted molar refractivity (Wildman–Crippen MR) is 121 cm³/mol. The number of nitrogens with zero attached hydrogens (tertiary/aromatic N) is 2. The van der Waals surface area contributed by atoms with Gasteiger partial charge in [-0.3, -0.25) is 9.79 Å². The van der Waals surface area contributed by atoms with E-state index >= 15 is 0 Å². The zero-order valence-electron chi connectivity index (χ0n) is 16.7. The summed E-state index contributed by atoms with van der Waals surface area (Å²) in [5.74, 6) is 1.99. The minimum atomic E-state index is 0. The van der Waals surface area contributed by atoms with Gasteiger partial charge in [-0.05, 0) is 43.4 Å². The van der Waals surface area contributed by atoms with Crippen LogP contribution in [0, 0.1) is 0 Å². The second-order valence-electron chi connectivity index (χ2n) is 6.57. The lowest BCUT2D eigenvalue weighted by molar-refractivity contribution is -0.129. The molecule has 27 heavy (non-hydrogen) atoms. The van der Waals surface area contributed by atoms with Crippen LogP contribution < -0.4 is 15.4 Å². The molecule has 2 N–H and O–H groups in total. The maximum atomic E-state index is 11.9. The Morgan fingerprint density at radius 3 is 2.52 bits per heavy atom. The predicted octanol–water partition coefficient (Wildman–Crippen LogP) is 2.81. The van der Waals surface area contributed by atoms with Gasteiger partial charge in [-0.1, -0.05) is 19.1 Å². The van der Waals surface area contributed by atoms with Crippen molar-refractivity contribution in [1.29, 1.82) is 0 Å². The Hall–Kier alpha value is -1.51. The molecule has 1 aliphatic rings. The standard InChI is InChI=1S/C20H32N4O2.HI/c1-4-17(24-15-5-6-19(24)25)12-14-23-20(21-2)22-13-11-16-7-9-18(26-3)10-8-16;/h7-10,17H,4-6,11-15H2,1-3H3,(H2,21,22,23);1H. The van der Waals surface area contributed by atoms with Crippen LogP contribution in [0.3, 0.4) is 0 Å². The van der Waals surface area contributed by atoms with Crippen LogP contribution >= 0.6 is 24.0 Å². The van der Waals surface area contributed by atoms with E-state index < -0.39 is 0 Å². The van der Waals surface area contributed by atoms with Gasteiger partial charge in [0.25, 0.3) is 0 Å². The van der Waals surface area contributed by atoms with Crippen LogP contribution in [0.4, 0.5) is 0 Å². The normalized spacial score (nSPS) is 15.3. The SMILES string of the molecule is CCC(CCNC(=NC)NCCc1ccc(OC)cc1)N1CCCC1=O.I. The maximum Gasteiger partial charge on any atom is 0.222 e. The Morgan fingerprint density at radius 2 is 1.96 bits per heavy atom. The van der Waals surface area contributed by atoms with E-state index in [9.17, 15) is 4.79 Å². The molecular weight excluding hydrogens is 455 g/mol. The molecule has 0 aromatic heterocycles. The number of amides is 1. The van der Waals surface area contributed by atoms with Crippen LogP contribution in [-0.2, 0) is 11.2 Å². The van der Waals surface area contributed by atoms with Gasteiger partial charge in [0.2, 0.25) is 5.91 Å². The molecule has 152 valence electrons. The van der Waals surface area contributed by atoms with Crippen LogP contribution in [0.5, 0.6) is 5.75 Å². The van der Waals surface area contributed by atoms with Crippen molar-refractivity contribution in [2.24, 2.45) is 4.99 Å². The third kappa shape index (κ3) is 7.56. The summed E-state index contributed by atoms with van der Waals surface area (Å²) in [6.07, 6.45) is 4.57. The van der Waals surface area contributed by atoms with Gasteiger partial charge in [-0.25, -0.2) is 0 Å². The lowest BCUT2D eigenvalue weighted by Crippen LogP contribution is -2.42. The van der Waals surface area contributed by atoms with Gasteiger partial charge in [0.15, 0.2) is 5.96 Å². The average Bonchev–Trinajstić information content (AvgIpc) is 3.10. The average molecular weight is 488 g/mol. The first kappa shape index (κ1) is 23.5. The largest absolute Gasteiger partial charge is 0.497 e. The second-order valence-corrected chi connectivity index (χ2v) is 6.57. The number of aliphatic imine (C=N–C) groups is 1. The van der Waals surface area contributed by atoms with E-state index in [2.05, 4.69) is 34.7 Å². The summed E-state index contributed by atoms with van der Waals surface area (Å²) < 4.78 is 5.18. The zero-order chi connectivity index (χ0) is 18.8. The summed E-state index contributed by atoms with van der Waals surface area (Å²) in [5, 5.41) is 6.70. The van der Waals surface area contributed by atoms with Crippen LogP contribution in [0.1, 0.15) is 38.2 Å². The molecule has 0 saturated carbocycles. The molecule has 0 bridgehead atoms. The number of carbonyl (C=O) groups excluding carboxylic acids is 1. The Kier molecular flexibility index (Phi) is 11.2. The van der Waals surface area contributed by atoms with E-state index in [1.54, 1.807) is 14.2 Å². The Morgan fingerprint density at radius 1 is 1.26 bits per heavy atom. The summed E-state index contributed by atoms with van der Waals surface area (Å²) in [6, 6.07) is 8.44. The quantitative estimate of drug-likeness (QED) is 0.319. The summed E-state index contributed by atoms with van der Waals surface area (Å²) in [7, 11) is 3.46. The molecule has 7 heteroatoms. The van der Waals surface area contributed by atoms with Gasteiger partial charge in [0, 0.05) is 39.1 Å². The van der Waals surface area contributed by atoms with E-state index in [-0.39, 0.29) is 24.0 Å². The number of hydrogen-bond acceptors (Lipinski definition) is 3. The van der Waals surface area contributed by atoms with Crippen LogP contribution in [-0.4, -0.2) is 56.6 Å². The number of rotatable bonds is 9. The molecule has 1 amide bonds. The van der Waals surface area contributed by atoms with Crippen molar-refractivity contribution in [3.05, 3.63) is 29.8 Å². The van der Waals surface area contributed by atoms with Crippen molar-refractivity contribution >= 4 is 35.8 Å². The van der Waals surface area contributed by atoms with Gasteiger partial charge in [0.1, 0.15) is 5.75 Å². The highest BCUT2D eigenvalue weighted by Crippen LogP contribution is 2.17. The van der Waals surface area contributed by atoms with Crippen molar-refractivity contribution in [2.45, 2.75) is 45.1 Å². The van der Waals surface area contributed by atoms with Crippen LogP contribution in [0.25, 0.3) is 0 Å². The molecule has 1 aromatic rings. The fourth-order valence-corrected chi connectivity index (χ4v) is 3.33. The number of ether oxygens (including phenoxy) is 1. The Bertz CT molecular complexity index is 592. The first-order valence-corrected chi connectivity index (χ1v) is 9.54. The van der Waals surface area contributed by atoms with E-state index in [0.29, 0.717) is 18.4 Å². The van der Waals surface area contributed by atoms with E-state index in [0.717, 1.165) is 57.0 Å². The number of methoxy groups -OCH3 is 1. The molecular formula is C20H33IN4O2. The minimum absolute atomic E-state index is 0. The molecule has 1 aromatic carbocycles. The van der Waals surface area contributed by atoms with Crippen LogP contribution in [0.15, 0.2) is 29.3 Å². The Labute approximate surface area is 180 Å². The van der Waals surface area contributed by atoms with Gasteiger partial charge < -0.3 is 20.3 Å². The number of nitrogens with one attached hydrogen (secondary N) is 2. The molecule has 2 rings (SSSR count). The van der Waals surface area contributed by atoms with Gasteiger partial charge in [-0.2, -0.15) is 0 Å². The highest BCUT2D eigenvalue weighted by atomic mass is 127. The molecule has 1 unspecified atom stereocenters. The molecule has 0 radical (unpaired) electrons. The molecule has 1 fully saturated rings. The smallest absolute Gasteiger partial charge is 0.222 e. The van der Waals surface area contributed by atoms with Crippen molar-refractivity contribution in [3.63, 3.8) is 0 Å². The first-order valence-electron chi connectivity index (χ1n) is 9.54. The van der Waals surface area contributed by atoms with Crippen molar-refractivity contribution in [1.82, 2.24) is 15.5 Å². The van der Waals surface area contributed by atoms with E-state index in [1.165, 1.54) is 5.56 Å². The number of carbonyl (C=O) groups is 1. The van der Waals surface area contributed by atoms with Gasteiger partial charge >= 0.3 is 0 Å². The third-order valence-corrected chi connectivity index (χ3v) is 4.88. The molecule has 1 heterocycles. The molecule has 6 nitrogen and oxygen atoms in total. The highest BCUT2D eigenvalue weighted by Gasteiger charge is 2.26. The van der Waals surface area contributed by atoms with Crippen molar-refractivity contribution in [2.75, 3.05) is 33.8 Å². The lowest BCUT2D eigenvalue weighted by atomic mass is 10.1. The highest BCUT2D eigenvalue weighted by molar-refractivity contribution is 14.0. The number of guanidine groups is 1. The van der Waals surface area contributed by atoms with E-state index in [4.69, 9.17) is 4.74 Å². The number of likely N-dealkylation sites (tertiary alicyclic amines) is 1. The molecule has 1 saturated heterocycles. The maximum absolute atomic E-state index is 11.9. The van der Waals surface area contributed by atoms with Crippen LogP contribution in [0.2, 0.25) is 0 Å². The monoisotopic (exact) mass is 488 g/mol. The van der Waals surface area contributed by atoms with Gasteiger partial charge in [-0.15, -0.1) is 24.0 Å². The molecule has 1 aliphatic heterocycles.